The number of hydroxylamine groups is 1. The van der Waals surface area contributed by atoms with Crippen molar-refractivity contribution in [3.8, 4) is 11.5 Å². The number of phenols is 1. The number of aliphatic hydroxyl groups is 4. The molecule has 0 radical (unpaired) electrons. The van der Waals surface area contributed by atoms with Gasteiger partial charge in [-0.2, -0.15) is 0 Å². The van der Waals surface area contributed by atoms with Crippen molar-refractivity contribution in [3.63, 3.8) is 0 Å². The van der Waals surface area contributed by atoms with Gasteiger partial charge in [-0.1, -0.05) is 12.1 Å². The number of fused-ring (bicyclic) bond motifs is 2. The maximum atomic E-state index is 13.2. The van der Waals surface area contributed by atoms with Crippen LogP contribution in [0.2, 0.25) is 0 Å². The van der Waals surface area contributed by atoms with Crippen LogP contribution in [0.5, 0.6) is 11.5 Å². The number of ether oxygens (including phenoxy) is 1. The van der Waals surface area contributed by atoms with Gasteiger partial charge in [-0.25, -0.2) is 9.63 Å². The van der Waals surface area contributed by atoms with Gasteiger partial charge in [-0.15, -0.1) is 0 Å². The quantitative estimate of drug-likeness (QED) is 0.246. The zero-order valence-electron chi connectivity index (χ0n) is 21.0. The molecule has 12 nitrogen and oxygen atoms in total. The lowest BCUT2D eigenvalue weighted by Gasteiger charge is -2.40. The topological polar surface area (TPSA) is 190 Å². The largest absolute Gasteiger partial charge is 0.507 e. The summed E-state index contributed by atoms with van der Waals surface area (Å²) in [6.07, 6.45) is -7.83. The van der Waals surface area contributed by atoms with E-state index >= 15 is 0 Å². The van der Waals surface area contributed by atoms with Crippen molar-refractivity contribution in [2.24, 2.45) is 0 Å². The highest BCUT2D eigenvalue weighted by Gasteiger charge is 2.47. The summed E-state index contributed by atoms with van der Waals surface area (Å²) in [6.45, 7) is 2.52. The fourth-order valence-corrected chi connectivity index (χ4v) is 5.21. The third kappa shape index (κ3) is 4.45. The van der Waals surface area contributed by atoms with Crippen molar-refractivity contribution in [1.29, 1.82) is 0 Å². The molecule has 1 aromatic heterocycles. The van der Waals surface area contributed by atoms with Gasteiger partial charge in [0.15, 0.2) is 5.43 Å². The molecule has 3 aromatic rings. The second-order valence-corrected chi connectivity index (χ2v) is 9.76. The molecule has 1 saturated heterocycles. The van der Waals surface area contributed by atoms with E-state index in [4.69, 9.17) is 14.0 Å². The first kappa shape index (κ1) is 26.8. The normalized spacial score (nSPS) is 27.7. The molecule has 39 heavy (non-hydrogen) atoms. The second kappa shape index (κ2) is 10.1. The Morgan fingerprint density at radius 3 is 2.49 bits per heavy atom. The Hall–Kier alpha value is -3.81. The van der Waals surface area contributed by atoms with Gasteiger partial charge in [0.25, 0.3) is 0 Å². The molecular weight excluding hydrogens is 514 g/mol. The molecule has 3 heterocycles. The molecule has 0 spiro atoms. The number of carbonyl (C=O) groups is 1. The van der Waals surface area contributed by atoms with Gasteiger partial charge >= 0.3 is 12.0 Å². The van der Waals surface area contributed by atoms with Crippen LogP contribution >= 0.6 is 0 Å². The van der Waals surface area contributed by atoms with E-state index in [2.05, 4.69) is 0 Å². The fraction of sp³-hybridized carbons (Fsp3) is 0.370. The standard InChI is InChI=1S/C27H27NO11/c1-11-7-15(30)20(26-24(34)23(33)22(32)18(10-29)38-26)25-19(11)16(31)9-13(37-25)8-12(2)28-21(27(35)36)14-5-3-4-6-17(14)39-28/h3-7,9,18,21-24,26,29,32-34H,8,10H2,1-2H3,(H-,30,31,35,36)/p+1. The second-order valence-electron chi connectivity index (χ2n) is 9.76. The third-order valence-corrected chi connectivity index (χ3v) is 7.13. The average Bonchev–Trinajstić information content (AvgIpc) is 3.28. The molecule has 206 valence electrons. The van der Waals surface area contributed by atoms with Crippen LogP contribution in [0.25, 0.3) is 11.0 Å². The van der Waals surface area contributed by atoms with E-state index in [0.29, 0.717) is 22.6 Å². The van der Waals surface area contributed by atoms with Crippen LogP contribution in [-0.2, 0) is 16.0 Å². The Morgan fingerprint density at radius 1 is 1.08 bits per heavy atom. The van der Waals surface area contributed by atoms with Crippen LogP contribution < -0.4 is 10.3 Å². The molecule has 6 unspecified atom stereocenters. The number of aliphatic hydroxyl groups excluding tert-OH is 4. The molecule has 0 aliphatic carbocycles. The van der Waals surface area contributed by atoms with Crippen molar-refractivity contribution in [2.75, 3.05) is 6.61 Å². The maximum absolute atomic E-state index is 13.2. The van der Waals surface area contributed by atoms with Crippen LogP contribution in [0.4, 0.5) is 0 Å². The number of nitrogens with zero attached hydrogens (tertiary/aromatic N) is 1. The van der Waals surface area contributed by atoms with E-state index in [1.807, 2.05) is 0 Å². The molecule has 0 saturated carbocycles. The van der Waals surface area contributed by atoms with Crippen molar-refractivity contribution in [3.05, 3.63) is 69.1 Å². The molecule has 5 rings (SSSR count). The number of para-hydroxylation sites is 1. The van der Waals surface area contributed by atoms with Crippen molar-refractivity contribution in [2.45, 2.75) is 56.8 Å². The Kier molecular flexibility index (Phi) is 6.91. The Morgan fingerprint density at radius 2 is 1.79 bits per heavy atom. The summed E-state index contributed by atoms with van der Waals surface area (Å²) in [5, 5.41) is 61.6. The first-order valence-electron chi connectivity index (χ1n) is 12.2. The maximum Gasteiger partial charge on any atom is 0.383 e. The summed E-state index contributed by atoms with van der Waals surface area (Å²) in [5.74, 6) is -1.04. The van der Waals surface area contributed by atoms with Crippen LogP contribution in [0.15, 0.2) is 45.6 Å². The lowest BCUT2D eigenvalue weighted by atomic mass is 9.89. The number of aliphatic carboxylic acids is 1. The van der Waals surface area contributed by atoms with Crippen molar-refractivity contribution < 1.29 is 54.2 Å². The van der Waals surface area contributed by atoms with Gasteiger partial charge in [-0.3, -0.25) is 4.79 Å². The highest BCUT2D eigenvalue weighted by atomic mass is 16.7. The molecule has 2 aromatic carbocycles. The number of phenolic OH excluding ortho intramolecular Hbond substituents is 1. The highest BCUT2D eigenvalue weighted by molar-refractivity contribution is 5.87. The fourth-order valence-electron chi connectivity index (χ4n) is 5.21. The summed E-state index contributed by atoms with van der Waals surface area (Å²) in [6, 6.07) is 8.13. The van der Waals surface area contributed by atoms with E-state index in [9.17, 15) is 40.2 Å². The lowest BCUT2D eigenvalue weighted by Crippen LogP contribution is -2.55. The summed E-state index contributed by atoms with van der Waals surface area (Å²) >= 11 is 0. The van der Waals surface area contributed by atoms with Gasteiger partial charge in [0.2, 0.25) is 11.5 Å². The number of carboxylic acid groups (broad SMARTS) is 1. The predicted molar refractivity (Wildman–Crippen MR) is 134 cm³/mol. The van der Waals surface area contributed by atoms with Gasteiger partial charge in [0.1, 0.15) is 47.6 Å². The van der Waals surface area contributed by atoms with Crippen LogP contribution in [-0.4, -0.2) is 78.1 Å². The van der Waals surface area contributed by atoms with E-state index in [1.54, 1.807) is 38.1 Å². The highest BCUT2D eigenvalue weighted by Crippen LogP contribution is 2.41. The van der Waals surface area contributed by atoms with Gasteiger partial charge in [0, 0.05) is 13.0 Å². The van der Waals surface area contributed by atoms with Crippen LogP contribution in [0, 0.1) is 6.92 Å². The first-order chi connectivity index (χ1) is 18.5. The smallest absolute Gasteiger partial charge is 0.383 e. The molecule has 0 bridgehead atoms. The Balaban J connectivity index is 1.62. The SMILES string of the molecule is CC(Cc1cc(=O)c2c(C)cc(O)c(C3OC(CO)C(O)C(O)C3O)c2o1)=[N+]1Oc2ccccc2C1C(=O)O. The number of aryl methyl sites for hydroxylation is 1. The molecule has 12 heteroatoms. The van der Waals surface area contributed by atoms with E-state index < -0.39 is 60.3 Å². The molecule has 0 amide bonds. The molecule has 2 aliphatic rings. The van der Waals surface area contributed by atoms with Crippen molar-refractivity contribution in [1.82, 2.24) is 0 Å². The number of hydrogen-bond donors (Lipinski definition) is 6. The molecule has 2 aliphatic heterocycles. The van der Waals surface area contributed by atoms with Gasteiger partial charge in [-0.05, 0) is 35.4 Å². The molecule has 6 N–H and O–H groups in total. The summed E-state index contributed by atoms with van der Waals surface area (Å²) in [4.78, 5) is 31.1. The lowest BCUT2D eigenvalue weighted by molar-refractivity contribution is -0.755. The van der Waals surface area contributed by atoms with Gasteiger partial charge in [0.05, 0.1) is 29.5 Å². The minimum absolute atomic E-state index is 0.0498. The minimum atomic E-state index is -1.73. The third-order valence-electron chi connectivity index (χ3n) is 7.13. The van der Waals surface area contributed by atoms with Crippen LogP contribution in [0.3, 0.4) is 0 Å². The predicted octanol–water partition coefficient (Wildman–Crippen LogP) is 0.471. The number of aromatic hydroxyl groups is 1. The number of benzene rings is 2. The van der Waals surface area contributed by atoms with E-state index in [-0.39, 0.29) is 28.7 Å². The first-order valence-corrected chi connectivity index (χ1v) is 12.2. The zero-order chi connectivity index (χ0) is 28.2. The zero-order valence-corrected chi connectivity index (χ0v) is 21.0. The molecular formula is C27H28NO11+. The van der Waals surface area contributed by atoms with E-state index in [1.165, 1.54) is 16.9 Å². The summed E-state index contributed by atoms with van der Waals surface area (Å²) < 4.78 is 12.9. The Labute approximate surface area is 221 Å². The summed E-state index contributed by atoms with van der Waals surface area (Å²) in [5.41, 5.74) is 0.524. The minimum Gasteiger partial charge on any atom is -0.507 e. The molecule has 1 fully saturated rings. The summed E-state index contributed by atoms with van der Waals surface area (Å²) in [7, 11) is 0. The number of carboxylic acids is 1. The van der Waals surface area contributed by atoms with E-state index in [0.717, 1.165) is 0 Å². The number of hydrogen-bond acceptors (Lipinski definition) is 10. The number of rotatable bonds is 5. The van der Waals surface area contributed by atoms with Gasteiger partial charge < -0.3 is 39.8 Å². The average molecular weight is 543 g/mol. The van der Waals surface area contributed by atoms with Crippen molar-refractivity contribution >= 4 is 22.7 Å². The monoisotopic (exact) mass is 542 g/mol. The molecule has 6 atom stereocenters. The Bertz CT molecular complexity index is 1540. The van der Waals surface area contributed by atoms with Crippen LogP contribution in [0.1, 0.15) is 41.5 Å².